The molecule has 4 rings (SSSR count). The maximum absolute atomic E-state index is 12.9. The summed E-state index contributed by atoms with van der Waals surface area (Å²) in [4.78, 5) is 31.0. The Morgan fingerprint density at radius 1 is 1.31 bits per heavy atom. The Balaban J connectivity index is 1.48. The van der Waals surface area contributed by atoms with Crippen molar-refractivity contribution in [3.8, 4) is 17.6 Å². The molecule has 0 saturated heterocycles. The summed E-state index contributed by atoms with van der Waals surface area (Å²) >= 11 is 1.10. The average molecular weight is 451 g/mol. The SMILES string of the molecule is Cc1[nH]c(=O)nc(SCC(=O)c2cc(C)n(C[C@@H]3COc4ccccc4O3)c2C)c1C#N. The lowest BCUT2D eigenvalue weighted by atomic mass is 10.2. The van der Waals surface area contributed by atoms with E-state index in [2.05, 4.69) is 14.5 Å². The normalized spacial score (nSPS) is 14.8. The molecule has 3 aromatic rings. The van der Waals surface area contributed by atoms with E-state index in [1.165, 1.54) is 0 Å². The van der Waals surface area contributed by atoms with E-state index < -0.39 is 5.69 Å². The number of aromatic amines is 1. The maximum atomic E-state index is 12.9. The van der Waals surface area contributed by atoms with Crippen LogP contribution in [0.3, 0.4) is 0 Å². The van der Waals surface area contributed by atoms with Gasteiger partial charge in [-0.1, -0.05) is 23.9 Å². The zero-order valence-electron chi connectivity index (χ0n) is 18.0. The number of ketones is 1. The van der Waals surface area contributed by atoms with Crippen molar-refractivity contribution in [2.24, 2.45) is 0 Å². The summed E-state index contributed by atoms with van der Waals surface area (Å²) in [7, 11) is 0. The molecule has 9 heteroatoms. The van der Waals surface area contributed by atoms with Gasteiger partial charge in [-0.05, 0) is 39.0 Å². The van der Waals surface area contributed by atoms with Gasteiger partial charge in [0.25, 0.3) is 0 Å². The minimum atomic E-state index is -0.536. The minimum Gasteiger partial charge on any atom is -0.486 e. The summed E-state index contributed by atoms with van der Waals surface area (Å²) in [6.07, 6.45) is -0.173. The Morgan fingerprint density at radius 3 is 2.81 bits per heavy atom. The highest BCUT2D eigenvalue weighted by atomic mass is 32.2. The highest BCUT2D eigenvalue weighted by Crippen LogP contribution is 2.32. The van der Waals surface area contributed by atoms with Crippen LogP contribution < -0.4 is 15.2 Å². The minimum absolute atomic E-state index is 0.0747. The van der Waals surface area contributed by atoms with Crippen LogP contribution in [-0.4, -0.2) is 38.8 Å². The fraction of sp³-hybridized carbons (Fsp3) is 0.304. The zero-order chi connectivity index (χ0) is 22.8. The number of hydrogen-bond acceptors (Lipinski definition) is 7. The number of H-pyrrole nitrogens is 1. The lowest BCUT2D eigenvalue weighted by Gasteiger charge is -2.27. The van der Waals surface area contributed by atoms with Crippen molar-refractivity contribution in [3.63, 3.8) is 0 Å². The fourth-order valence-corrected chi connectivity index (χ4v) is 4.64. The first-order chi connectivity index (χ1) is 15.4. The Labute approximate surface area is 189 Å². The summed E-state index contributed by atoms with van der Waals surface area (Å²) in [6.45, 7) is 6.47. The lowest BCUT2D eigenvalue weighted by molar-refractivity contribution is 0.0777. The highest BCUT2D eigenvalue weighted by molar-refractivity contribution is 8.00. The van der Waals surface area contributed by atoms with E-state index in [-0.39, 0.29) is 28.2 Å². The van der Waals surface area contributed by atoms with Crippen LogP contribution in [0.1, 0.15) is 33.0 Å². The molecule has 0 saturated carbocycles. The highest BCUT2D eigenvalue weighted by Gasteiger charge is 2.24. The molecule has 3 heterocycles. The lowest BCUT2D eigenvalue weighted by Crippen LogP contribution is -2.33. The summed E-state index contributed by atoms with van der Waals surface area (Å²) in [6, 6.07) is 11.5. The number of nitriles is 1. The third kappa shape index (κ3) is 4.27. The van der Waals surface area contributed by atoms with Crippen molar-refractivity contribution in [2.75, 3.05) is 12.4 Å². The summed E-state index contributed by atoms with van der Waals surface area (Å²) in [5.41, 5.74) is 2.57. The van der Waals surface area contributed by atoms with Crippen molar-refractivity contribution >= 4 is 17.5 Å². The van der Waals surface area contributed by atoms with Crippen molar-refractivity contribution in [3.05, 3.63) is 69.0 Å². The number of benzene rings is 1. The number of carbonyl (C=O) groups is 1. The molecule has 1 aliphatic rings. The van der Waals surface area contributed by atoms with E-state index >= 15 is 0 Å². The molecule has 0 unspecified atom stereocenters. The molecule has 2 aromatic heterocycles. The van der Waals surface area contributed by atoms with Crippen LogP contribution >= 0.6 is 11.8 Å². The van der Waals surface area contributed by atoms with Gasteiger partial charge in [-0.3, -0.25) is 4.79 Å². The number of thioether (sulfide) groups is 1. The van der Waals surface area contributed by atoms with E-state index in [9.17, 15) is 14.9 Å². The van der Waals surface area contributed by atoms with Crippen molar-refractivity contribution < 1.29 is 14.3 Å². The predicted octanol–water partition coefficient (Wildman–Crippen LogP) is 3.18. The molecule has 8 nitrogen and oxygen atoms in total. The molecular weight excluding hydrogens is 428 g/mol. The number of nitrogens with zero attached hydrogens (tertiary/aromatic N) is 3. The number of para-hydroxylation sites is 2. The largest absolute Gasteiger partial charge is 0.486 e. The Bertz CT molecular complexity index is 1290. The molecule has 32 heavy (non-hydrogen) atoms. The first-order valence-corrected chi connectivity index (χ1v) is 11.1. The van der Waals surface area contributed by atoms with E-state index in [1.807, 2.05) is 50.2 Å². The van der Waals surface area contributed by atoms with Crippen molar-refractivity contribution in [1.82, 2.24) is 14.5 Å². The molecule has 0 aliphatic carbocycles. The molecule has 0 bridgehead atoms. The van der Waals surface area contributed by atoms with E-state index in [4.69, 9.17) is 9.47 Å². The van der Waals surface area contributed by atoms with Gasteiger partial charge in [0, 0.05) is 22.6 Å². The van der Waals surface area contributed by atoms with Crippen molar-refractivity contribution in [2.45, 2.75) is 38.4 Å². The zero-order valence-corrected chi connectivity index (χ0v) is 18.8. The smallest absolute Gasteiger partial charge is 0.346 e. The van der Waals surface area contributed by atoms with Gasteiger partial charge in [0.1, 0.15) is 23.3 Å². The number of fused-ring (bicyclic) bond motifs is 1. The number of rotatable bonds is 6. The van der Waals surface area contributed by atoms with Crippen LogP contribution in [0.25, 0.3) is 0 Å². The van der Waals surface area contributed by atoms with Gasteiger partial charge in [0.2, 0.25) is 0 Å². The molecule has 0 spiro atoms. The number of hydrogen-bond donors (Lipinski definition) is 1. The van der Waals surface area contributed by atoms with Gasteiger partial charge in [0.05, 0.1) is 12.3 Å². The Kier molecular flexibility index (Phi) is 6.06. The second kappa shape index (κ2) is 8.93. The number of ether oxygens (including phenoxy) is 2. The Hall–Kier alpha value is -3.51. The van der Waals surface area contributed by atoms with Crippen LogP contribution in [0, 0.1) is 32.1 Å². The number of carbonyl (C=O) groups excluding carboxylic acids is 1. The van der Waals surface area contributed by atoms with Crippen molar-refractivity contribution in [1.29, 1.82) is 5.26 Å². The standard InChI is InChI=1S/C23H22N4O4S/c1-13-8-17(19(28)12-32-22-18(9-24)14(2)25-23(29)26-22)15(3)27(13)10-16-11-30-20-6-4-5-7-21(20)31-16/h4-8,16H,10-12H2,1-3H3,(H,25,26,29)/t16-/m1/s1. The van der Waals surface area contributed by atoms with E-state index in [0.717, 1.165) is 28.9 Å². The third-order valence-electron chi connectivity index (χ3n) is 5.37. The summed E-state index contributed by atoms with van der Waals surface area (Å²) in [5, 5.41) is 9.60. The van der Waals surface area contributed by atoms with Crippen LogP contribution in [0.5, 0.6) is 11.5 Å². The molecule has 1 aromatic carbocycles. The summed E-state index contributed by atoms with van der Waals surface area (Å²) < 4.78 is 13.9. The molecule has 1 N–H and O–H groups in total. The molecule has 0 radical (unpaired) electrons. The van der Waals surface area contributed by atoms with Crippen LogP contribution in [0.2, 0.25) is 0 Å². The fourth-order valence-electron chi connectivity index (χ4n) is 3.73. The van der Waals surface area contributed by atoms with Gasteiger partial charge in [-0.2, -0.15) is 10.2 Å². The molecular formula is C23H22N4O4S. The number of nitrogens with one attached hydrogen (secondary N) is 1. The Morgan fingerprint density at radius 2 is 2.06 bits per heavy atom. The van der Waals surface area contributed by atoms with E-state index in [1.54, 1.807) is 6.92 Å². The van der Waals surface area contributed by atoms with Gasteiger partial charge in [-0.15, -0.1) is 0 Å². The monoisotopic (exact) mass is 450 g/mol. The van der Waals surface area contributed by atoms with Crippen LogP contribution in [-0.2, 0) is 6.54 Å². The van der Waals surface area contributed by atoms with Gasteiger partial charge >= 0.3 is 5.69 Å². The quantitative estimate of drug-likeness (QED) is 0.349. The number of aromatic nitrogens is 3. The first kappa shape index (κ1) is 21.7. The van der Waals surface area contributed by atoms with E-state index in [0.29, 0.717) is 30.2 Å². The molecule has 164 valence electrons. The molecule has 0 fully saturated rings. The maximum Gasteiger partial charge on any atom is 0.346 e. The van der Waals surface area contributed by atoms with Crippen LogP contribution in [0.15, 0.2) is 40.2 Å². The first-order valence-electron chi connectivity index (χ1n) is 10.1. The molecule has 0 amide bonds. The topological polar surface area (TPSA) is 110 Å². The second-order valence-electron chi connectivity index (χ2n) is 7.56. The second-order valence-corrected chi connectivity index (χ2v) is 8.53. The van der Waals surface area contributed by atoms with Gasteiger partial charge in [0.15, 0.2) is 23.4 Å². The van der Waals surface area contributed by atoms with Gasteiger partial charge < -0.3 is 19.0 Å². The molecule has 1 aliphatic heterocycles. The molecule has 1 atom stereocenters. The number of Topliss-reactive ketones (excluding diaryl/α,β-unsaturated/α-hetero) is 1. The average Bonchev–Trinajstić information content (AvgIpc) is 3.05. The number of aryl methyl sites for hydroxylation is 2. The van der Waals surface area contributed by atoms with Gasteiger partial charge in [-0.25, -0.2) is 4.79 Å². The predicted molar refractivity (Wildman–Crippen MR) is 120 cm³/mol. The summed E-state index contributed by atoms with van der Waals surface area (Å²) in [5.74, 6) is 1.43. The third-order valence-corrected chi connectivity index (χ3v) is 6.34. The van der Waals surface area contributed by atoms with Crippen LogP contribution in [0.4, 0.5) is 0 Å².